The Balaban J connectivity index is 0.000000900. The molecular weight excluding hydrogens is 664 g/mol. The number of nitrogens with two attached hydrogens (primary N) is 2. The van der Waals surface area contributed by atoms with Crippen LogP contribution in [0.1, 0.15) is 31.5 Å². The zero-order valence-electron chi connectivity index (χ0n) is 24.2. The Bertz CT molecular complexity index is 1680. The number of amides is 1. The Kier molecular flexibility index (Phi) is 12.8. The van der Waals surface area contributed by atoms with Gasteiger partial charge in [0.05, 0.1) is 5.02 Å². The summed E-state index contributed by atoms with van der Waals surface area (Å²) < 4.78 is 66.6. The second-order valence-electron chi connectivity index (χ2n) is 9.86. The average Bonchev–Trinajstić information content (AvgIpc) is 2.91. The number of hydrogen-bond donors (Lipinski definition) is 5. The van der Waals surface area contributed by atoms with E-state index >= 15 is 0 Å². The lowest BCUT2D eigenvalue weighted by atomic mass is 10.1. The molecule has 1 heterocycles. The largest absolute Gasteiger partial charge is 0.490 e. The Morgan fingerprint density at radius 3 is 2.33 bits per heavy atom. The number of pyridine rings is 1. The molecule has 0 aliphatic carbocycles. The molecule has 0 fully saturated rings. The summed E-state index contributed by atoms with van der Waals surface area (Å²) in [5.74, 6) is -2.83. The number of hydrogen-bond acceptors (Lipinski definition) is 7. The number of aromatic nitrogens is 1. The number of nitrogens with one attached hydrogen (secondary N) is 2. The van der Waals surface area contributed by atoms with Crippen molar-refractivity contribution in [2.45, 2.75) is 50.4 Å². The van der Waals surface area contributed by atoms with Gasteiger partial charge in [0.15, 0.2) is 5.96 Å². The molecule has 1 aromatic heterocycles. The third-order valence-corrected chi connectivity index (χ3v) is 8.35. The number of carboxylic acids is 1. The van der Waals surface area contributed by atoms with E-state index in [0.717, 1.165) is 11.1 Å². The van der Waals surface area contributed by atoms with E-state index in [9.17, 15) is 26.4 Å². The van der Waals surface area contributed by atoms with Crippen LogP contribution < -0.4 is 26.2 Å². The molecule has 0 saturated heterocycles. The Morgan fingerprint density at radius 1 is 1.09 bits per heavy atom. The van der Waals surface area contributed by atoms with Gasteiger partial charge in [-0.3, -0.25) is 9.79 Å². The first-order chi connectivity index (χ1) is 20.8. The molecule has 0 atom stereocenters. The van der Waals surface area contributed by atoms with Gasteiger partial charge in [0.2, 0.25) is 15.9 Å². The fourth-order valence-electron chi connectivity index (χ4n) is 3.55. The number of sulfonamides is 1. The SMILES string of the molecule is Cc1ccc2cccc(OCc3c(Cl)ccc(S(=O)(=O)NC(C)(C)C(=O)NCCCN=C(N)N)c3Cl)c2n1.O=C(O)C(F)(F)F. The summed E-state index contributed by atoms with van der Waals surface area (Å²) in [4.78, 5) is 29.7. The first kappa shape index (κ1) is 37.3. The topological polar surface area (TPSA) is 199 Å². The molecule has 3 aromatic rings. The maximum absolute atomic E-state index is 13.3. The molecule has 45 heavy (non-hydrogen) atoms. The van der Waals surface area contributed by atoms with E-state index in [2.05, 4.69) is 20.0 Å². The van der Waals surface area contributed by atoms with Gasteiger partial charge in [-0.15, -0.1) is 0 Å². The zero-order valence-corrected chi connectivity index (χ0v) is 26.5. The quantitative estimate of drug-likeness (QED) is 0.112. The van der Waals surface area contributed by atoms with E-state index in [0.29, 0.717) is 24.2 Å². The summed E-state index contributed by atoms with van der Waals surface area (Å²) in [6, 6.07) is 12.0. The highest BCUT2D eigenvalue weighted by atomic mass is 35.5. The molecule has 0 saturated carbocycles. The van der Waals surface area contributed by atoms with E-state index < -0.39 is 33.6 Å². The first-order valence-electron chi connectivity index (χ1n) is 12.9. The van der Waals surface area contributed by atoms with Crippen LogP contribution >= 0.6 is 23.2 Å². The second-order valence-corrected chi connectivity index (χ2v) is 12.3. The molecule has 2 aromatic carbocycles. The summed E-state index contributed by atoms with van der Waals surface area (Å²) in [5, 5.41) is 10.8. The third kappa shape index (κ3) is 10.9. The molecule has 0 bridgehead atoms. The van der Waals surface area contributed by atoms with Crippen LogP contribution in [0, 0.1) is 6.92 Å². The van der Waals surface area contributed by atoms with Crippen molar-refractivity contribution in [1.29, 1.82) is 0 Å². The Hall–Kier alpha value is -3.86. The number of benzene rings is 2. The van der Waals surface area contributed by atoms with Crippen molar-refractivity contribution in [1.82, 2.24) is 15.0 Å². The molecular formula is C27H31Cl2F3N6O6S. The van der Waals surface area contributed by atoms with Crippen molar-refractivity contribution in [2.75, 3.05) is 13.1 Å². The summed E-state index contributed by atoms with van der Waals surface area (Å²) in [5.41, 5.74) is 10.8. The van der Waals surface area contributed by atoms with Crippen molar-refractivity contribution in [3.63, 3.8) is 0 Å². The lowest BCUT2D eigenvalue weighted by Crippen LogP contribution is -2.54. The van der Waals surface area contributed by atoms with Crippen LogP contribution in [-0.4, -0.2) is 61.1 Å². The van der Waals surface area contributed by atoms with E-state index in [1.165, 1.54) is 26.0 Å². The average molecular weight is 696 g/mol. The van der Waals surface area contributed by atoms with Crippen molar-refractivity contribution in [2.24, 2.45) is 16.5 Å². The van der Waals surface area contributed by atoms with Crippen LogP contribution in [0.15, 0.2) is 52.4 Å². The fraction of sp³-hybridized carbons (Fsp3) is 0.333. The number of carbonyl (C=O) groups is 2. The van der Waals surface area contributed by atoms with E-state index in [4.69, 9.17) is 49.3 Å². The van der Waals surface area contributed by atoms with Crippen LogP contribution in [0.25, 0.3) is 10.9 Å². The predicted molar refractivity (Wildman–Crippen MR) is 164 cm³/mol. The van der Waals surface area contributed by atoms with E-state index in [1.54, 1.807) is 6.07 Å². The molecule has 0 aliphatic rings. The number of nitrogens with zero attached hydrogens (tertiary/aromatic N) is 2. The van der Waals surface area contributed by atoms with Gasteiger partial charge in [-0.25, -0.2) is 18.2 Å². The number of carboxylic acid groups (broad SMARTS) is 1. The molecule has 0 aliphatic heterocycles. The summed E-state index contributed by atoms with van der Waals surface area (Å²) in [6.45, 7) is 5.24. The first-order valence-corrected chi connectivity index (χ1v) is 15.1. The number of para-hydroxylation sites is 1. The van der Waals surface area contributed by atoms with E-state index in [1.807, 2.05) is 31.2 Å². The van der Waals surface area contributed by atoms with Gasteiger partial charge < -0.3 is 26.6 Å². The van der Waals surface area contributed by atoms with Crippen molar-refractivity contribution in [3.05, 3.63) is 63.8 Å². The van der Waals surface area contributed by atoms with Crippen LogP contribution in [-0.2, 0) is 26.2 Å². The fourth-order valence-corrected chi connectivity index (χ4v) is 5.81. The Morgan fingerprint density at radius 2 is 1.73 bits per heavy atom. The maximum atomic E-state index is 13.3. The highest BCUT2D eigenvalue weighted by Crippen LogP contribution is 2.33. The van der Waals surface area contributed by atoms with Gasteiger partial charge in [-0.1, -0.05) is 41.4 Å². The molecule has 0 radical (unpaired) electrons. The lowest BCUT2D eigenvalue weighted by Gasteiger charge is -2.25. The number of alkyl halides is 3. The van der Waals surface area contributed by atoms with Crippen LogP contribution in [0.5, 0.6) is 5.75 Å². The third-order valence-electron chi connectivity index (χ3n) is 5.75. The molecule has 1 amide bonds. The maximum Gasteiger partial charge on any atom is 0.490 e. The predicted octanol–water partition coefficient (Wildman–Crippen LogP) is 3.90. The molecule has 18 heteroatoms. The monoisotopic (exact) mass is 694 g/mol. The van der Waals surface area contributed by atoms with Gasteiger partial charge in [0, 0.05) is 34.8 Å². The minimum atomic E-state index is -5.08. The minimum Gasteiger partial charge on any atom is -0.487 e. The smallest absolute Gasteiger partial charge is 0.487 e. The molecule has 0 unspecified atom stereocenters. The van der Waals surface area contributed by atoms with Crippen molar-refractivity contribution in [3.8, 4) is 5.75 Å². The minimum absolute atomic E-state index is 0.0436. The van der Waals surface area contributed by atoms with Gasteiger partial charge in [0.1, 0.15) is 28.3 Å². The van der Waals surface area contributed by atoms with Crippen molar-refractivity contribution >= 4 is 62.0 Å². The molecule has 7 N–H and O–H groups in total. The standard InChI is InChI=1S/C25H30Cl2N6O4S.C2HF3O2/c1-15-8-9-16-6-4-7-19(22(16)32-15)37-14-17-18(26)10-11-20(21(17)27)38(35,36)33-25(2,3)23(34)30-12-5-13-31-24(28)29;3-2(4,5)1(6)7/h4,6-11,33H,5,12-14H2,1-3H3,(H,30,34)(H4,28,29,31);(H,6,7). The molecule has 0 spiro atoms. The normalized spacial score (nSPS) is 11.7. The number of rotatable bonds is 11. The molecule has 3 rings (SSSR count). The Labute approximate surface area is 267 Å². The molecule has 12 nitrogen and oxygen atoms in total. The van der Waals surface area contributed by atoms with Crippen LogP contribution in [0.4, 0.5) is 13.2 Å². The van der Waals surface area contributed by atoms with Crippen LogP contribution in [0.3, 0.4) is 0 Å². The molecule has 246 valence electrons. The second kappa shape index (κ2) is 15.4. The summed E-state index contributed by atoms with van der Waals surface area (Å²) in [7, 11) is -4.23. The van der Waals surface area contributed by atoms with Gasteiger partial charge >= 0.3 is 12.1 Å². The number of guanidine groups is 1. The number of carbonyl (C=O) groups excluding carboxylic acids is 1. The number of aliphatic imine (C=N–C) groups is 1. The van der Waals surface area contributed by atoms with Gasteiger partial charge in [0.25, 0.3) is 0 Å². The number of ether oxygens (including phenoxy) is 1. The van der Waals surface area contributed by atoms with Gasteiger partial charge in [-0.05, 0) is 51.5 Å². The highest BCUT2D eigenvalue weighted by Gasteiger charge is 2.38. The van der Waals surface area contributed by atoms with E-state index in [-0.39, 0.29) is 39.6 Å². The number of halogens is 5. The highest BCUT2D eigenvalue weighted by molar-refractivity contribution is 7.89. The summed E-state index contributed by atoms with van der Waals surface area (Å²) in [6.07, 6.45) is -4.61. The van der Waals surface area contributed by atoms with Crippen molar-refractivity contribution < 1.29 is 41.0 Å². The van der Waals surface area contributed by atoms with Crippen LogP contribution in [0.2, 0.25) is 10.0 Å². The number of fused-ring (bicyclic) bond motifs is 1. The zero-order chi connectivity index (χ0) is 34.2. The number of aliphatic carboxylic acids is 1. The lowest BCUT2D eigenvalue weighted by molar-refractivity contribution is -0.192. The van der Waals surface area contributed by atoms with Gasteiger partial charge in [-0.2, -0.15) is 17.9 Å². The summed E-state index contributed by atoms with van der Waals surface area (Å²) >= 11 is 12.9. The number of aryl methyl sites for hydroxylation is 1.